The van der Waals surface area contributed by atoms with E-state index in [1.54, 1.807) is 14.0 Å². The third kappa shape index (κ3) is 9.87. The lowest BCUT2D eigenvalue weighted by Gasteiger charge is -2.21. The molecule has 4 N–H and O–H groups in total. The van der Waals surface area contributed by atoms with Crippen LogP contribution in [0.15, 0.2) is 0 Å². The van der Waals surface area contributed by atoms with E-state index in [2.05, 4.69) is 21.3 Å². The van der Waals surface area contributed by atoms with Crippen molar-refractivity contribution < 1.29 is 9.59 Å². The molecule has 0 aliphatic carbocycles. The van der Waals surface area contributed by atoms with Crippen molar-refractivity contribution in [3.8, 4) is 0 Å². The van der Waals surface area contributed by atoms with Crippen LogP contribution in [0.2, 0.25) is 0 Å². The first-order valence-corrected chi connectivity index (χ1v) is 8.34. The fraction of sp³-hybridized carbons (Fsp3) is 0.875. The Morgan fingerprint density at radius 1 is 0.818 bits per heavy atom. The summed E-state index contributed by atoms with van der Waals surface area (Å²) >= 11 is 0. The van der Waals surface area contributed by atoms with Crippen LogP contribution in [0.3, 0.4) is 0 Å². The van der Waals surface area contributed by atoms with Crippen LogP contribution >= 0.6 is 0 Å². The number of likely N-dealkylation sites (N-methyl/N-ethyl adjacent to an activating group) is 1. The molecule has 6 heteroatoms. The first kappa shape index (κ1) is 21.0. The molecule has 0 saturated carbocycles. The highest BCUT2D eigenvalue weighted by molar-refractivity contribution is 5.89. The molecule has 6 nitrogen and oxygen atoms in total. The van der Waals surface area contributed by atoms with E-state index in [1.807, 2.05) is 14.1 Å². The van der Waals surface area contributed by atoms with Gasteiger partial charge in [-0.3, -0.25) is 9.59 Å². The average Bonchev–Trinajstić information content (AvgIpc) is 2.50. The Kier molecular flexibility index (Phi) is 13.1. The fourth-order valence-corrected chi connectivity index (χ4v) is 2.36. The monoisotopic (exact) mass is 314 g/mol. The van der Waals surface area contributed by atoms with Crippen molar-refractivity contribution in [3.05, 3.63) is 0 Å². The molecule has 0 fully saturated rings. The minimum absolute atomic E-state index is 0.0304. The summed E-state index contributed by atoms with van der Waals surface area (Å²) in [5.41, 5.74) is 0. The molecular weight excluding hydrogens is 280 g/mol. The number of nitrogens with one attached hydrogen (secondary N) is 4. The zero-order valence-corrected chi connectivity index (χ0v) is 14.6. The van der Waals surface area contributed by atoms with Gasteiger partial charge in [-0.15, -0.1) is 0 Å². The summed E-state index contributed by atoms with van der Waals surface area (Å²) in [6, 6.07) is -0.589. The van der Waals surface area contributed by atoms with Gasteiger partial charge in [0.25, 0.3) is 0 Å². The quantitative estimate of drug-likeness (QED) is 0.350. The van der Waals surface area contributed by atoms with Gasteiger partial charge in [0.2, 0.25) is 5.91 Å². The molecule has 0 aliphatic heterocycles. The molecule has 0 saturated heterocycles. The number of unbranched alkanes of at least 4 members (excludes halogenated alkanes) is 2. The first-order valence-electron chi connectivity index (χ1n) is 8.34. The predicted molar refractivity (Wildman–Crippen MR) is 91.0 cm³/mol. The van der Waals surface area contributed by atoms with Crippen molar-refractivity contribution in [2.75, 3.05) is 34.2 Å². The molecule has 2 atom stereocenters. The molecule has 1 unspecified atom stereocenters. The number of hydrogen-bond acceptors (Lipinski definition) is 5. The van der Waals surface area contributed by atoms with Crippen LogP contribution in [0, 0.1) is 0 Å². The van der Waals surface area contributed by atoms with E-state index >= 15 is 0 Å². The van der Waals surface area contributed by atoms with Crippen LogP contribution in [0.25, 0.3) is 0 Å². The smallest absolute Gasteiger partial charge is 0.237 e. The number of hydrogen-bond donors (Lipinski definition) is 4. The molecular formula is C16H34N4O2. The number of carbonyl (C=O) groups excluding carboxylic acids is 2. The Morgan fingerprint density at radius 3 is 1.73 bits per heavy atom. The van der Waals surface area contributed by atoms with Crippen molar-refractivity contribution in [1.82, 2.24) is 21.3 Å². The second kappa shape index (κ2) is 13.7. The van der Waals surface area contributed by atoms with Gasteiger partial charge in [0, 0.05) is 0 Å². The number of ketones is 1. The van der Waals surface area contributed by atoms with Gasteiger partial charge in [0.1, 0.15) is 0 Å². The number of amides is 1. The molecule has 0 heterocycles. The standard InChI is InChI=1S/C16H34N4O2/c1-13(21)14(9-5-7-11-17-2)20-16(22)15(19-4)10-6-8-12-18-3/h14-15,17-19H,5-12H2,1-4H3,(H,20,22)/t14?,15-/m0/s1. The van der Waals surface area contributed by atoms with Gasteiger partial charge in [0.15, 0.2) is 5.78 Å². The minimum atomic E-state index is -0.363. The number of Topliss-reactive ketones (excluding diaryl/α,β-unsaturated/α-hetero) is 1. The van der Waals surface area contributed by atoms with Gasteiger partial charge in [-0.05, 0) is 73.3 Å². The van der Waals surface area contributed by atoms with Crippen LogP contribution in [-0.4, -0.2) is 58.0 Å². The van der Waals surface area contributed by atoms with Crippen LogP contribution in [0.1, 0.15) is 45.4 Å². The lowest BCUT2D eigenvalue weighted by atomic mass is 10.0. The molecule has 0 aromatic carbocycles. The molecule has 1 amide bonds. The molecule has 0 aliphatic rings. The second-order valence-electron chi connectivity index (χ2n) is 5.71. The average molecular weight is 314 g/mol. The van der Waals surface area contributed by atoms with E-state index in [-0.39, 0.29) is 23.8 Å². The molecule has 0 spiro atoms. The van der Waals surface area contributed by atoms with E-state index in [9.17, 15) is 9.59 Å². The van der Waals surface area contributed by atoms with Gasteiger partial charge >= 0.3 is 0 Å². The lowest BCUT2D eigenvalue weighted by molar-refractivity contribution is -0.128. The van der Waals surface area contributed by atoms with Crippen LogP contribution in [0.5, 0.6) is 0 Å². The maximum Gasteiger partial charge on any atom is 0.237 e. The Morgan fingerprint density at radius 2 is 1.32 bits per heavy atom. The third-order valence-electron chi connectivity index (χ3n) is 3.81. The van der Waals surface area contributed by atoms with Crippen molar-refractivity contribution in [3.63, 3.8) is 0 Å². The summed E-state index contributed by atoms with van der Waals surface area (Å²) in [5.74, 6) is -0.0383. The van der Waals surface area contributed by atoms with E-state index in [0.29, 0.717) is 6.42 Å². The number of carbonyl (C=O) groups is 2. The van der Waals surface area contributed by atoms with Crippen LogP contribution < -0.4 is 21.3 Å². The Bertz CT molecular complexity index is 311. The van der Waals surface area contributed by atoms with Gasteiger partial charge in [-0.25, -0.2) is 0 Å². The highest BCUT2D eigenvalue weighted by Gasteiger charge is 2.21. The largest absolute Gasteiger partial charge is 0.345 e. The van der Waals surface area contributed by atoms with Crippen LogP contribution in [0.4, 0.5) is 0 Å². The zero-order valence-electron chi connectivity index (χ0n) is 14.6. The highest BCUT2D eigenvalue weighted by Crippen LogP contribution is 2.05. The predicted octanol–water partition coefficient (Wildman–Crippen LogP) is 0.428. The fourth-order valence-electron chi connectivity index (χ4n) is 2.36. The van der Waals surface area contributed by atoms with Crippen LogP contribution in [-0.2, 0) is 9.59 Å². The second-order valence-corrected chi connectivity index (χ2v) is 5.71. The van der Waals surface area contributed by atoms with Gasteiger partial charge in [0.05, 0.1) is 12.1 Å². The van der Waals surface area contributed by atoms with Crippen molar-refractivity contribution in [2.45, 2.75) is 57.5 Å². The SMILES string of the molecule is CNCCCCC(NC(=O)[C@H](CCCCNC)NC)C(C)=O. The number of rotatable bonds is 14. The summed E-state index contributed by atoms with van der Waals surface area (Å²) in [5, 5.41) is 12.1. The van der Waals surface area contributed by atoms with E-state index < -0.39 is 0 Å². The summed E-state index contributed by atoms with van der Waals surface area (Å²) in [4.78, 5) is 24.0. The third-order valence-corrected chi connectivity index (χ3v) is 3.81. The summed E-state index contributed by atoms with van der Waals surface area (Å²) < 4.78 is 0. The molecule has 22 heavy (non-hydrogen) atoms. The summed E-state index contributed by atoms with van der Waals surface area (Å²) in [6.07, 6.45) is 5.45. The molecule has 130 valence electrons. The molecule has 0 rings (SSSR count). The van der Waals surface area contributed by atoms with Gasteiger partial charge in [-0.1, -0.05) is 6.42 Å². The molecule has 0 aromatic rings. The Labute approximate surface area is 135 Å². The lowest BCUT2D eigenvalue weighted by Crippen LogP contribution is -2.49. The Hall–Kier alpha value is -0.980. The normalized spacial score (nSPS) is 13.6. The van der Waals surface area contributed by atoms with E-state index in [0.717, 1.165) is 45.2 Å². The summed E-state index contributed by atoms with van der Waals surface area (Å²) in [6.45, 7) is 3.44. The zero-order chi connectivity index (χ0) is 16.8. The topological polar surface area (TPSA) is 82.3 Å². The van der Waals surface area contributed by atoms with Gasteiger partial charge in [-0.2, -0.15) is 0 Å². The molecule has 0 aromatic heterocycles. The van der Waals surface area contributed by atoms with E-state index in [1.165, 1.54) is 0 Å². The van der Waals surface area contributed by atoms with Crippen molar-refractivity contribution in [1.29, 1.82) is 0 Å². The maximum absolute atomic E-state index is 12.3. The van der Waals surface area contributed by atoms with Gasteiger partial charge < -0.3 is 21.3 Å². The van der Waals surface area contributed by atoms with E-state index in [4.69, 9.17) is 0 Å². The van der Waals surface area contributed by atoms with Crippen molar-refractivity contribution in [2.24, 2.45) is 0 Å². The maximum atomic E-state index is 12.3. The Balaban J connectivity index is 4.23. The molecule has 0 radical (unpaired) electrons. The highest BCUT2D eigenvalue weighted by atomic mass is 16.2. The van der Waals surface area contributed by atoms with Crippen molar-refractivity contribution >= 4 is 11.7 Å². The summed E-state index contributed by atoms with van der Waals surface area (Å²) in [7, 11) is 5.63. The molecule has 0 bridgehead atoms. The first-order chi connectivity index (χ1) is 10.6. The minimum Gasteiger partial charge on any atom is -0.345 e.